The Hall–Kier alpha value is -4.45. The quantitative estimate of drug-likeness (QED) is 0.496. The third-order valence-corrected chi connectivity index (χ3v) is 5.35. The molecule has 156 valence electrons. The zero-order valence-electron chi connectivity index (χ0n) is 16.2. The van der Waals surface area contributed by atoms with Crippen molar-refractivity contribution >= 4 is 23.3 Å². The minimum atomic E-state index is -1.10. The van der Waals surface area contributed by atoms with Gasteiger partial charge >= 0.3 is 5.97 Å². The first kappa shape index (κ1) is 19.8. The number of aromatic nitrogens is 5. The molecule has 4 rings (SSSR count). The van der Waals surface area contributed by atoms with Crippen LogP contribution in [0.4, 0.5) is 5.95 Å². The molecule has 0 spiro atoms. The standard InChI is InChI=1S/C19H17N9O3/c20-4-3-19(5-11(6-19)7-21)27-10-12(8-24-27)16-13-1-2-14(17(22)31)28(13)26-18(25-16)23-9-15(29)30/h1-2,8,10-11H,3,5-6,9H2,(H2,22,31)(H,23,26)(H,29,30)/t11-,19+. The Morgan fingerprint density at radius 3 is 2.77 bits per heavy atom. The van der Waals surface area contributed by atoms with Crippen molar-refractivity contribution in [1.29, 1.82) is 10.5 Å². The lowest BCUT2D eigenvalue weighted by atomic mass is 9.67. The van der Waals surface area contributed by atoms with Gasteiger partial charge in [0, 0.05) is 11.8 Å². The molecule has 0 saturated heterocycles. The maximum Gasteiger partial charge on any atom is 0.322 e. The first-order valence-electron chi connectivity index (χ1n) is 9.34. The highest BCUT2D eigenvalue weighted by Gasteiger charge is 2.46. The summed E-state index contributed by atoms with van der Waals surface area (Å²) in [7, 11) is 0. The molecular formula is C19H17N9O3. The van der Waals surface area contributed by atoms with Gasteiger partial charge in [0.25, 0.3) is 5.91 Å². The summed E-state index contributed by atoms with van der Waals surface area (Å²) < 4.78 is 2.98. The number of nitrogens with one attached hydrogen (secondary N) is 1. The highest BCUT2D eigenvalue weighted by molar-refractivity contribution is 5.93. The molecule has 1 fully saturated rings. The molecule has 0 aromatic carbocycles. The lowest BCUT2D eigenvalue weighted by Gasteiger charge is -2.43. The van der Waals surface area contributed by atoms with Gasteiger partial charge in [-0.25, -0.2) is 9.50 Å². The average molecular weight is 419 g/mol. The van der Waals surface area contributed by atoms with E-state index in [1.54, 1.807) is 23.1 Å². The summed E-state index contributed by atoms with van der Waals surface area (Å²) in [4.78, 5) is 27.1. The van der Waals surface area contributed by atoms with Crippen LogP contribution < -0.4 is 11.1 Å². The minimum Gasteiger partial charge on any atom is -0.480 e. The second-order valence-corrected chi connectivity index (χ2v) is 7.38. The van der Waals surface area contributed by atoms with Crippen LogP contribution in [0, 0.1) is 28.6 Å². The largest absolute Gasteiger partial charge is 0.480 e. The molecule has 0 bridgehead atoms. The molecule has 0 atom stereocenters. The number of carboxylic acids is 1. The van der Waals surface area contributed by atoms with E-state index in [-0.39, 0.29) is 24.0 Å². The van der Waals surface area contributed by atoms with Gasteiger partial charge in [0.1, 0.15) is 17.9 Å². The number of anilines is 1. The second-order valence-electron chi connectivity index (χ2n) is 7.38. The fourth-order valence-corrected chi connectivity index (χ4v) is 3.84. The highest BCUT2D eigenvalue weighted by Crippen LogP contribution is 2.46. The van der Waals surface area contributed by atoms with E-state index in [2.05, 4.69) is 32.6 Å². The number of amides is 1. The monoisotopic (exact) mass is 419 g/mol. The molecule has 0 radical (unpaired) electrons. The molecule has 0 aliphatic heterocycles. The summed E-state index contributed by atoms with van der Waals surface area (Å²) in [6, 6.07) is 7.52. The number of carboxylic acid groups (broad SMARTS) is 1. The third kappa shape index (κ3) is 3.40. The first-order chi connectivity index (χ1) is 14.9. The van der Waals surface area contributed by atoms with Crippen molar-refractivity contribution < 1.29 is 14.7 Å². The van der Waals surface area contributed by atoms with Gasteiger partial charge in [-0.2, -0.15) is 15.6 Å². The van der Waals surface area contributed by atoms with E-state index >= 15 is 0 Å². The maximum absolute atomic E-state index is 11.8. The number of nitrogens with two attached hydrogens (primary N) is 1. The van der Waals surface area contributed by atoms with Gasteiger partial charge in [0.05, 0.1) is 41.7 Å². The van der Waals surface area contributed by atoms with Crippen LogP contribution in [0.15, 0.2) is 24.5 Å². The predicted molar refractivity (Wildman–Crippen MR) is 105 cm³/mol. The van der Waals surface area contributed by atoms with Crippen molar-refractivity contribution in [2.24, 2.45) is 11.7 Å². The minimum absolute atomic E-state index is 0.00345. The van der Waals surface area contributed by atoms with Crippen LogP contribution in [0.25, 0.3) is 16.8 Å². The first-order valence-corrected chi connectivity index (χ1v) is 9.34. The normalized spacial score (nSPS) is 19.9. The van der Waals surface area contributed by atoms with Crippen molar-refractivity contribution in [2.75, 3.05) is 11.9 Å². The molecule has 12 heteroatoms. The molecule has 4 N–H and O–H groups in total. The Bertz CT molecular complexity index is 1270. The summed E-state index contributed by atoms with van der Waals surface area (Å²) >= 11 is 0. The molecule has 31 heavy (non-hydrogen) atoms. The van der Waals surface area contributed by atoms with Crippen molar-refractivity contribution in [1.82, 2.24) is 24.4 Å². The van der Waals surface area contributed by atoms with Gasteiger partial charge in [0.2, 0.25) is 5.95 Å². The molecule has 3 aromatic rings. The number of hydrogen-bond acceptors (Lipinski definition) is 8. The van der Waals surface area contributed by atoms with Gasteiger partial charge in [-0.15, -0.1) is 5.10 Å². The van der Waals surface area contributed by atoms with E-state index in [1.165, 1.54) is 10.6 Å². The summed E-state index contributed by atoms with van der Waals surface area (Å²) in [5.74, 6) is -1.93. The van der Waals surface area contributed by atoms with Gasteiger partial charge < -0.3 is 16.2 Å². The van der Waals surface area contributed by atoms with Crippen LogP contribution in [0.3, 0.4) is 0 Å². The number of nitrogens with zero attached hydrogens (tertiary/aromatic N) is 7. The predicted octanol–water partition coefficient (Wildman–Crippen LogP) is 0.731. The van der Waals surface area contributed by atoms with E-state index in [9.17, 15) is 14.9 Å². The average Bonchev–Trinajstić information content (AvgIpc) is 3.35. The topological polar surface area (TPSA) is 188 Å². The van der Waals surface area contributed by atoms with Gasteiger partial charge in [-0.1, -0.05) is 0 Å². The molecule has 12 nitrogen and oxygen atoms in total. The number of hydrogen-bond donors (Lipinski definition) is 3. The van der Waals surface area contributed by atoms with Crippen molar-refractivity contribution in [2.45, 2.75) is 24.8 Å². The zero-order valence-corrected chi connectivity index (χ0v) is 16.2. The van der Waals surface area contributed by atoms with E-state index in [0.29, 0.717) is 29.6 Å². The van der Waals surface area contributed by atoms with Crippen LogP contribution >= 0.6 is 0 Å². The summed E-state index contributed by atoms with van der Waals surface area (Å²) in [5, 5.41) is 38.5. The number of aliphatic carboxylic acids is 1. The summed E-state index contributed by atoms with van der Waals surface area (Å²) in [5.41, 5.74) is 6.45. The molecule has 3 heterocycles. The van der Waals surface area contributed by atoms with Gasteiger partial charge in [-0.3, -0.25) is 14.3 Å². The fourth-order valence-electron chi connectivity index (χ4n) is 3.84. The number of rotatable bonds is 7. The van der Waals surface area contributed by atoms with Crippen LogP contribution in [0.1, 0.15) is 29.8 Å². The molecule has 1 aliphatic carbocycles. The molecule has 1 aliphatic rings. The maximum atomic E-state index is 11.8. The number of primary amides is 1. The van der Waals surface area contributed by atoms with Crippen molar-refractivity contribution in [3.63, 3.8) is 0 Å². The third-order valence-electron chi connectivity index (χ3n) is 5.35. The molecule has 0 unspecified atom stereocenters. The Morgan fingerprint density at radius 1 is 1.35 bits per heavy atom. The Labute approximate surface area is 175 Å². The van der Waals surface area contributed by atoms with Crippen LogP contribution in [-0.2, 0) is 10.3 Å². The SMILES string of the molecule is N#CC[C@]1(n2cc(-c3nc(NCC(=O)O)nn4c(C(N)=O)ccc34)cn2)C[C@@H](C#N)C1. The van der Waals surface area contributed by atoms with E-state index < -0.39 is 24.0 Å². The number of fused-ring (bicyclic) bond motifs is 1. The lowest BCUT2D eigenvalue weighted by molar-refractivity contribution is -0.134. The van der Waals surface area contributed by atoms with E-state index in [4.69, 9.17) is 16.1 Å². The number of carbonyl (C=O) groups is 2. The Kier molecular flexibility index (Phi) is 4.75. The second kappa shape index (κ2) is 7.42. The Balaban J connectivity index is 1.79. The molecule has 1 saturated carbocycles. The number of carbonyl (C=O) groups excluding carboxylic acids is 1. The summed E-state index contributed by atoms with van der Waals surface area (Å²) in [6.45, 7) is -0.418. The van der Waals surface area contributed by atoms with E-state index in [1.807, 2.05) is 0 Å². The lowest BCUT2D eigenvalue weighted by Crippen LogP contribution is -2.46. The molecule has 3 aromatic heterocycles. The van der Waals surface area contributed by atoms with Crippen molar-refractivity contribution in [3.8, 4) is 23.4 Å². The fraction of sp³-hybridized carbons (Fsp3) is 0.316. The van der Waals surface area contributed by atoms with Crippen LogP contribution in [0.5, 0.6) is 0 Å². The number of nitriles is 2. The van der Waals surface area contributed by atoms with Gasteiger partial charge in [-0.05, 0) is 25.0 Å². The summed E-state index contributed by atoms with van der Waals surface area (Å²) in [6.07, 6.45) is 4.57. The molecule has 1 amide bonds. The van der Waals surface area contributed by atoms with Crippen LogP contribution in [-0.4, -0.2) is 47.9 Å². The van der Waals surface area contributed by atoms with Crippen LogP contribution in [0.2, 0.25) is 0 Å². The molecular weight excluding hydrogens is 402 g/mol. The van der Waals surface area contributed by atoms with Gasteiger partial charge in [0.15, 0.2) is 0 Å². The highest BCUT2D eigenvalue weighted by atomic mass is 16.4. The Morgan fingerprint density at radius 2 is 2.13 bits per heavy atom. The smallest absolute Gasteiger partial charge is 0.322 e. The zero-order chi connectivity index (χ0) is 22.2. The van der Waals surface area contributed by atoms with Crippen molar-refractivity contribution in [3.05, 3.63) is 30.2 Å². The van der Waals surface area contributed by atoms with E-state index in [0.717, 1.165) is 0 Å².